The van der Waals surface area contributed by atoms with Crippen molar-refractivity contribution in [2.75, 3.05) is 0 Å². The number of nitrogens with zero attached hydrogens (tertiary/aromatic N) is 2. The number of benzene rings is 3. The average Bonchev–Trinajstić information content (AvgIpc) is 2.77. The highest BCUT2D eigenvalue weighted by Gasteiger charge is 2.16. The number of phenolic OH excluding ortho intramolecular Hbond substituents is 1. The normalized spacial score (nSPS) is 10.7. The minimum Gasteiger partial charge on any atom is -0.508 e. The lowest BCUT2D eigenvalue weighted by Crippen LogP contribution is -2.23. The fourth-order valence-electron chi connectivity index (χ4n) is 4.03. The molecule has 0 bridgehead atoms. The maximum absolute atomic E-state index is 13.3. The van der Waals surface area contributed by atoms with Crippen LogP contribution in [-0.2, 0) is 6.54 Å². The van der Waals surface area contributed by atoms with Crippen molar-refractivity contribution in [3.63, 3.8) is 0 Å². The standard InChI is InChI=1S/C28H24N2O2/c1-18-11-12-24(19(2)13-18)17-30-26(14-20(3)27(29-4)28(30)32)23-9-5-7-21(15-23)22-8-6-10-25(31)16-22/h5-16,31H,17H2,1-3H3. The molecule has 4 heteroatoms. The minimum absolute atomic E-state index is 0.155. The third kappa shape index (κ3) is 4.06. The van der Waals surface area contributed by atoms with Gasteiger partial charge in [-0.05, 0) is 78.4 Å². The van der Waals surface area contributed by atoms with Crippen molar-refractivity contribution in [1.29, 1.82) is 0 Å². The molecule has 0 radical (unpaired) electrons. The van der Waals surface area contributed by atoms with Crippen molar-refractivity contribution >= 4 is 5.69 Å². The summed E-state index contributed by atoms with van der Waals surface area (Å²) in [6, 6.07) is 23.1. The zero-order valence-electron chi connectivity index (χ0n) is 18.4. The maximum Gasteiger partial charge on any atom is 0.257 e. The molecule has 1 N–H and O–H groups in total. The summed E-state index contributed by atoms with van der Waals surface area (Å²) in [4.78, 5) is 16.8. The van der Waals surface area contributed by atoms with Gasteiger partial charge in [0.2, 0.25) is 0 Å². The van der Waals surface area contributed by atoms with Gasteiger partial charge < -0.3 is 9.67 Å². The summed E-state index contributed by atoms with van der Waals surface area (Å²) >= 11 is 0. The zero-order chi connectivity index (χ0) is 22.8. The van der Waals surface area contributed by atoms with Crippen LogP contribution in [0, 0.1) is 27.3 Å². The molecular formula is C28H24N2O2. The number of aromatic nitrogens is 1. The zero-order valence-corrected chi connectivity index (χ0v) is 18.4. The van der Waals surface area contributed by atoms with Crippen molar-refractivity contribution in [2.45, 2.75) is 27.3 Å². The Morgan fingerprint density at radius 3 is 2.22 bits per heavy atom. The van der Waals surface area contributed by atoms with Crippen molar-refractivity contribution in [3.8, 4) is 28.1 Å². The Kier molecular flexibility index (Phi) is 5.66. The van der Waals surface area contributed by atoms with Gasteiger partial charge in [0, 0.05) is 5.69 Å². The third-order valence-corrected chi connectivity index (χ3v) is 5.74. The molecule has 0 saturated heterocycles. The number of hydrogen-bond acceptors (Lipinski definition) is 2. The monoisotopic (exact) mass is 420 g/mol. The molecule has 0 aliphatic heterocycles. The highest BCUT2D eigenvalue weighted by Crippen LogP contribution is 2.30. The first-order chi connectivity index (χ1) is 15.4. The van der Waals surface area contributed by atoms with Crippen LogP contribution in [0.3, 0.4) is 0 Å². The van der Waals surface area contributed by atoms with Crippen LogP contribution in [0.2, 0.25) is 0 Å². The van der Waals surface area contributed by atoms with E-state index in [1.165, 1.54) is 5.56 Å². The second-order valence-corrected chi connectivity index (χ2v) is 8.13. The minimum atomic E-state index is -0.280. The Hall–Kier alpha value is -4.10. The highest BCUT2D eigenvalue weighted by atomic mass is 16.3. The third-order valence-electron chi connectivity index (χ3n) is 5.74. The van der Waals surface area contributed by atoms with Gasteiger partial charge in [-0.3, -0.25) is 4.79 Å². The molecule has 0 aliphatic rings. The molecule has 0 aliphatic carbocycles. The van der Waals surface area contributed by atoms with Crippen LogP contribution in [0.25, 0.3) is 27.2 Å². The van der Waals surface area contributed by atoms with Crippen LogP contribution >= 0.6 is 0 Å². The predicted molar refractivity (Wildman–Crippen MR) is 129 cm³/mol. The van der Waals surface area contributed by atoms with E-state index in [-0.39, 0.29) is 17.0 Å². The first-order valence-corrected chi connectivity index (χ1v) is 10.5. The topological polar surface area (TPSA) is 46.6 Å². The van der Waals surface area contributed by atoms with Crippen LogP contribution in [0.4, 0.5) is 5.69 Å². The van der Waals surface area contributed by atoms with E-state index in [0.717, 1.165) is 33.5 Å². The summed E-state index contributed by atoms with van der Waals surface area (Å²) in [5.74, 6) is 0.205. The van der Waals surface area contributed by atoms with Gasteiger partial charge in [0.15, 0.2) is 0 Å². The van der Waals surface area contributed by atoms with E-state index in [2.05, 4.69) is 10.9 Å². The summed E-state index contributed by atoms with van der Waals surface area (Å²) in [6.07, 6.45) is 0. The molecule has 0 atom stereocenters. The molecule has 0 amide bonds. The number of rotatable bonds is 4. The number of aromatic hydroxyl groups is 1. The fraction of sp³-hybridized carbons (Fsp3) is 0.143. The molecule has 0 unspecified atom stereocenters. The summed E-state index contributed by atoms with van der Waals surface area (Å²) < 4.78 is 1.69. The van der Waals surface area contributed by atoms with Crippen LogP contribution in [0.5, 0.6) is 5.75 Å². The summed E-state index contributed by atoms with van der Waals surface area (Å²) in [6.45, 7) is 13.8. The molecule has 0 fully saturated rings. The molecule has 0 spiro atoms. The first-order valence-electron chi connectivity index (χ1n) is 10.5. The largest absolute Gasteiger partial charge is 0.508 e. The Morgan fingerprint density at radius 1 is 0.844 bits per heavy atom. The van der Waals surface area contributed by atoms with Crippen molar-refractivity contribution < 1.29 is 5.11 Å². The van der Waals surface area contributed by atoms with Crippen molar-refractivity contribution in [1.82, 2.24) is 4.57 Å². The molecular weight excluding hydrogens is 396 g/mol. The Bertz CT molecular complexity index is 1420. The van der Waals surface area contributed by atoms with E-state index in [1.54, 1.807) is 23.6 Å². The molecule has 158 valence electrons. The van der Waals surface area contributed by atoms with Crippen molar-refractivity contribution in [3.05, 3.63) is 117 Å². The summed E-state index contributed by atoms with van der Waals surface area (Å²) in [7, 11) is 0. The Labute approximate surface area is 187 Å². The molecule has 0 saturated carbocycles. The number of aryl methyl sites for hydroxylation is 3. The van der Waals surface area contributed by atoms with E-state index in [0.29, 0.717) is 12.1 Å². The quantitative estimate of drug-likeness (QED) is 0.388. The van der Waals surface area contributed by atoms with Gasteiger partial charge in [0.1, 0.15) is 5.75 Å². The maximum atomic E-state index is 13.3. The smallest absolute Gasteiger partial charge is 0.257 e. The lowest BCUT2D eigenvalue weighted by Gasteiger charge is -2.17. The van der Waals surface area contributed by atoms with E-state index in [1.807, 2.05) is 68.4 Å². The van der Waals surface area contributed by atoms with Gasteiger partial charge in [-0.2, -0.15) is 0 Å². The lowest BCUT2D eigenvalue weighted by atomic mass is 9.99. The molecule has 1 heterocycles. The van der Waals surface area contributed by atoms with Crippen LogP contribution < -0.4 is 5.56 Å². The molecule has 1 aromatic heterocycles. The SMILES string of the molecule is [C-]#[N+]c1c(C)cc(-c2cccc(-c3cccc(O)c3)c2)n(Cc2ccc(C)cc2C)c1=O. The lowest BCUT2D eigenvalue weighted by molar-refractivity contribution is 0.475. The molecule has 32 heavy (non-hydrogen) atoms. The van der Waals surface area contributed by atoms with E-state index in [4.69, 9.17) is 6.57 Å². The van der Waals surface area contributed by atoms with E-state index in [9.17, 15) is 9.90 Å². The molecule has 4 nitrogen and oxygen atoms in total. The number of phenols is 1. The van der Waals surface area contributed by atoms with Crippen LogP contribution in [0.1, 0.15) is 22.3 Å². The fourth-order valence-corrected chi connectivity index (χ4v) is 4.03. The van der Waals surface area contributed by atoms with E-state index < -0.39 is 0 Å². The van der Waals surface area contributed by atoms with Gasteiger partial charge in [-0.25, -0.2) is 4.85 Å². The van der Waals surface area contributed by atoms with Gasteiger partial charge in [0.05, 0.1) is 13.1 Å². The van der Waals surface area contributed by atoms with Crippen LogP contribution in [-0.4, -0.2) is 9.67 Å². The summed E-state index contributed by atoms with van der Waals surface area (Å²) in [5.41, 5.74) is 7.35. The number of pyridine rings is 1. The van der Waals surface area contributed by atoms with Gasteiger partial charge in [0.25, 0.3) is 11.2 Å². The van der Waals surface area contributed by atoms with Gasteiger partial charge >= 0.3 is 0 Å². The van der Waals surface area contributed by atoms with Crippen molar-refractivity contribution in [2.24, 2.45) is 0 Å². The molecule has 3 aromatic carbocycles. The first kappa shape index (κ1) is 21.1. The predicted octanol–water partition coefficient (Wildman–Crippen LogP) is 6.41. The Balaban J connectivity index is 1.90. The second-order valence-electron chi connectivity index (χ2n) is 8.13. The average molecular weight is 421 g/mol. The molecule has 4 aromatic rings. The van der Waals surface area contributed by atoms with Gasteiger partial charge in [-0.15, -0.1) is 0 Å². The Morgan fingerprint density at radius 2 is 1.53 bits per heavy atom. The van der Waals surface area contributed by atoms with E-state index >= 15 is 0 Å². The second kappa shape index (κ2) is 8.56. The van der Waals surface area contributed by atoms with Gasteiger partial charge in [-0.1, -0.05) is 54.1 Å². The molecule has 4 rings (SSSR count). The summed E-state index contributed by atoms with van der Waals surface area (Å²) in [5, 5.41) is 9.87. The number of hydrogen-bond donors (Lipinski definition) is 1. The highest BCUT2D eigenvalue weighted by molar-refractivity contribution is 5.73. The van der Waals surface area contributed by atoms with Crippen LogP contribution in [0.15, 0.2) is 77.6 Å².